The predicted octanol–water partition coefficient (Wildman–Crippen LogP) is 2.82. The van der Waals surface area contributed by atoms with E-state index in [4.69, 9.17) is 0 Å². The van der Waals surface area contributed by atoms with Crippen molar-refractivity contribution < 1.29 is 0 Å². The Bertz CT molecular complexity index is 152. The summed E-state index contributed by atoms with van der Waals surface area (Å²) in [5, 5.41) is 0. The van der Waals surface area contributed by atoms with Crippen LogP contribution in [0.4, 0.5) is 0 Å². The Kier molecular flexibility index (Phi) is 4.11. The van der Waals surface area contributed by atoms with E-state index in [0.717, 1.165) is 11.7 Å². The third-order valence-electron chi connectivity index (χ3n) is 3.39. The third kappa shape index (κ3) is 2.88. The van der Waals surface area contributed by atoms with Crippen LogP contribution in [0, 0.1) is 5.92 Å². The molecule has 0 bridgehead atoms. The predicted molar refractivity (Wildman–Crippen MR) is 62.5 cm³/mol. The van der Waals surface area contributed by atoms with Crippen molar-refractivity contribution in [3.05, 3.63) is 0 Å². The van der Waals surface area contributed by atoms with E-state index in [1.165, 1.54) is 32.4 Å². The second-order valence-electron chi connectivity index (χ2n) is 4.82. The molecule has 0 aromatic heterocycles. The van der Waals surface area contributed by atoms with Crippen molar-refractivity contribution in [3.63, 3.8) is 0 Å². The molecule has 0 aromatic carbocycles. The minimum absolute atomic E-state index is 0.441. The second-order valence-corrected chi connectivity index (χ2v) is 5.18. The number of thiol groups is 1. The highest BCUT2D eigenvalue weighted by Gasteiger charge is 2.32. The van der Waals surface area contributed by atoms with E-state index < -0.39 is 0 Å². The summed E-state index contributed by atoms with van der Waals surface area (Å²) in [5.74, 6) is 1.81. The minimum atomic E-state index is 0.441. The fourth-order valence-electron chi connectivity index (χ4n) is 2.13. The monoisotopic (exact) mass is 201 g/mol. The van der Waals surface area contributed by atoms with E-state index in [2.05, 4.69) is 38.3 Å². The lowest BCUT2D eigenvalue weighted by Gasteiger charge is -2.34. The van der Waals surface area contributed by atoms with Gasteiger partial charge >= 0.3 is 0 Å². The van der Waals surface area contributed by atoms with Crippen LogP contribution in [-0.4, -0.2) is 29.3 Å². The van der Waals surface area contributed by atoms with Gasteiger partial charge in [0.05, 0.1) is 0 Å². The van der Waals surface area contributed by atoms with Gasteiger partial charge in [-0.3, -0.25) is 4.90 Å². The van der Waals surface area contributed by atoms with Crippen LogP contribution in [0.1, 0.15) is 40.0 Å². The van der Waals surface area contributed by atoms with Crippen molar-refractivity contribution in [2.45, 2.75) is 45.6 Å². The maximum Gasteiger partial charge on any atom is 0.0153 e. The topological polar surface area (TPSA) is 3.24 Å². The molecule has 78 valence electrons. The summed E-state index contributed by atoms with van der Waals surface area (Å²) < 4.78 is 0. The first-order valence-corrected chi connectivity index (χ1v) is 6.09. The van der Waals surface area contributed by atoms with Crippen molar-refractivity contribution in [1.29, 1.82) is 0 Å². The van der Waals surface area contributed by atoms with E-state index in [1.54, 1.807) is 0 Å². The van der Waals surface area contributed by atoms with E-state index in [1.807, 2.05) is 0 Å². The van der Waals surface area contributed by atoms with Gasteiger partial charge in [-0.2, -0.15) is 12.6 Å². The van der Waals surface area contributed by atoms with Crippen LogP contribution in [0.25, 0.3) is 0 Å². The SMILES string of the molecule is CCC(CS)CN1CCCC1(C)C. The molecule has 0 radical (unpaired) electrons. The summed E-state index contributed by atoms with van der Waals surface area (Å²) in [6, 6.07) is 0. The van der Waals surface area contributed by atoms with E-state index in [-0.39, 0.29) is 0 Å². The lowest BCUT2D eigenvalue weighted by molar-refractivity contribution is 0.152. The summed E-state index contributed by atoms with van der Waals surface area (Å²) in [6.07, 6.45) is 3.99. The maximum atomic E-state index is 4.40. The summed E-state index contributed by atoms with van der Waals surface area (Å²) in [7, 11) is 0. The zero-order valence-corrected chi connectivity index (χ0v) is 10.1. The van der Waals surface area contributed by atoms with Crippen LogP contribution < -0.4 is 0 Å². The van der Waals surface area contributed by atoms with Gasteiger partial charge in [0.15, 0.2) is 0 Å². The van der Waals surface area contributed by atoms with Crippen molar-refractivity contribution >= 4 is 12.6 Å². The third-order valence-corrected chi connectivity index (χ3v) is 3.90. The Morgan fingerprint density at radius 2 is 2.15 bits per heavy atom. The Morgan fingerprint density at radius 3 is 2.54 bits per heavy atom. The van der Waals surface area contributed by atoms with Gasteiger partial charge < -0.3 is 0 Å². The zero-order valence-electron chi connectivity index (χ0n) is 9.21. The average Bonchev–Trinajstić information content (AvgIpc) is 2.41. The van der Waals surface area contributed by atoms with Crippen molar-refractivity contribution in [2.24, 2.45) is 5.92 Å². The van der Waals surface area contributed by atoms with Gasteiger partial charge in [0.2, 0.25) is 0 Å². The van der Waals surface area contributed by atoms with E-state index in [9.17, 15) is 0 Å². The van der Waals surface area contributed by atoms with Crippen LogP contribution in [-0.2, 0) is 0 Å². The molecule has 1 saturated heterocycles. The molecule has 1 nitrogen and oxygen atoms in total. The first-order valence-electron chi connectivity index (χ1n) is 5.46. The molecule has 0 saturated carbocycles. The van der Waals surface area contributed by atoms with E-state index >= 15 is 0 Å². The quantitative estimate of drug-likeness (QED) is 0.685. The Balaban J connectivity index is 2.43. The fraction of sp³-hybridized carbons (Fsp3) is 1.00. The molecule has 0 spiro atoms. The Labute approximate surface area is 88.3 Å². The highest BCUT2D eigenvalue weighted by molar-refractivity contribution is 7.80. The largest absolute Gasteiger partial charge is 0.298 e. The summed E-state index contributed by atoms with van der Waals surface area (Å²) in [4.78, 5) is 2.64. The maximum absolute atomic E-state index is 4.40. The minimum Gasteiger partial charge on any atom is -0.298 e. The average molecular weight is 201 g/mol. The van der Waals surface area contributed by atoms with Crippen molar-refractivity contribution in [2.75, 3.05) is 18.8 Å². The molecule has 1 unspecified atom stereocenters. The van der Waals surface area contributed by atoms with Gasteiger partial charge in [-0.05, 0) is 44.9 Å². The normalized spacial score (nSPS) is 24.9. The highest BCUT2D eigenvalue weighted by Crippen LogP contribution is 2.29. The van der Waals surface area contributed by atoms with Gasteiger partial charge in [0, 0.05) is 12.1 Å². The molecule has 0 aromatic rings. The van der Waals surface area contributed by atoms with Crippen molar-refractivity contribution in [3.8, 4) is 0 Å². The molecule has 0 N–H and O–H groups in total. The number of rotatable bonds is 4. The van der Waals surface area contributed by atoms with Gasteiger partial charge in [0.1, 0.15) is 0 Å². The van der Waals surface area contributed by atoms with Gasteiger partial charge in [-0.1, -0.05) is 13.3 Å². The molecule has 2 heteroatoms. The van der Waals surface area contributed by atoms with Crippen LogP contribution in [0.3, 0.4) is 0 Å². The molecule has 1 fully saturated rings. The molecule has 0 amide bonds. The first-order chi connectivity index (χ1) is 6.10. The van der Waals surface area contributed by atoms with E-state index in [0.29, 0.717) is 5.54 Å². The summed E-state index contributed by atoms with van der Waals surface area (Å²) in [5.41, 5.74) is 0.441. The van der Waals surface area contributed by atoms with Crippen LogP contribution >= 0.6 is 12.6 Å². The first kappa shape index (κ1) is 11.4. The molecular weight excluding hydrogens is 178 g/mol. The van der Waals surface area contributed by atoms with Gasteiger partial charge in [-0.25, -0.2) is 0 Å². The van der Waals surface area contributed by atoms with Crippen LogP contribution in [0.5, 0.6) is 0 Å². The summed E-state index contributed by atoms with van der Waals surface area (Å²) >= 11 is 4.40. The molecular formula is C11H23NS. The Hall–Kier alpha value is 0.310. The fourth-order valence-corrected chi connectivity index (χ4v) is 2.50. The zero-order chi connectivity index (χ0) is 9.90. The van der Waals surface area contributed by atoms with Gasteiger partial charge in [-0.15, -0.1) is 0 Å². The number of nitrogens with zero attached hydrogens (tertiary/aromatic N) is 1. The summed E-state index contributed by atoms with van der Waals surface area (Å²) in [6.45, 7) is 9.53. The Morgan fingerprint density at radius 1 is 1.46 bits per heavy atom. The lowest BCUT2D eigenvalue weighted by Crippen LogP contribution is -2.41. The van der Waals surface area contributed by atoms with Crippen LogP contribution in [0.15, 0.2) is 0 Å². The van der Waals surface area contributed by atoms with Gasteiger partial charge in [0.25, 0.3) is 0 Å². The molecule has 1 rings (SSSR count). The van der Waals surface area contributed by atoms with Crippen LogP contribution in [0.2, 0.25) is 0 Å². The second kappa shape index (κ2) is 4.70. The standard InChI is InChI=1S/C11H23NS/c1-4-10(9-13)8-12-7-5-6-11(12,2)3/h10,13H,4-9H2,1-3H3. The molecule has 1 atom stereocenters. The molecule has 13 heavy (non-hydrogen) atoms. The van der Waals surface area contributed by atoms with Crippen molar-refractivity contribution in [1.82, 2.24) is 4.90 Å². The molecule has 1 heterocycles. The molecule has 0 aliphatic carbocycles. The lowest BCUT2D eigenvalue weighted by atomic mass is 10.0. The number of hydrogen-bond acceptors (Lipinski definition) is 2. The number of hydrogen-bond donors (Lipinski definition) is 1. The highest BCUT2D eigenvalue weighted by atomic mass is 32.1. The molecule has 1 aliphatic rings. The number of likely N-dealkylation sites (tertiary alicyclic amines) is 1. The molecule has 1 aliphatic heterocycles. The smallest absolute Gasteiger partial charge is 0.0153 e.